The second-order valence-corrected chi connectivity index (χ2v) is 4.47. The Labute approximate surface area is 106 Å². The zero-order valence-corrected chi connectivity index (χ0v) is 10.4. The molecule has 80 valence electrons. The maximum Gasteiger partial charge on any atom is 0.354 e. The van der Waals surface area contributed by atoms with E-state index in [0.29, 0.717) is 5.69 Å². The lowest BCUT2D eigenvalue weighted by Gasteiger charge is -2.02. The first-order valence-corrected chi connectivity index (χ1v) is 5.71. The van der Waals surface area contributed by atoms with E-state index in [1.807, 2.05) is 24.3 Å². The lowest BCUT2D eigenvalue weighted by Crippen LogP contribution is -2.00. The Hall–Kier alpha value is -1.43. The number of rotatable bonds is 2. The quantitative estimate of drug-likeness (QED) is 0.864. The first-order valence-electron chi connectivity index (χ1n) is 4.63. The van der Waals surface area contributed by atoms with Gasteiger partial charge in [-0.25, -0.2) is 9.78 Å². The molecule has 3 nitrogen and oxygen atoms in total. The predicted molar refractivity (Wildman–Crippen MR) is 69.3 cm³/mol. The third kappa shape index (κ3) is 2.38. The van der Waals surface area contributed by atoms with Crippen molar-refractivity contribution in [3.8, 4) is 11.3 Å². The minimum absolute atomic E-state index is 0.0658. The number of carbonyl (C=O) groups is 1. The minimum Gasteiger partial charge on any atom is -0.477 e. The van der Waals surface area contributed by atoms with Crippen molar-refractivity contribution in [3.05, 3.63) is 51.7 Å². The molecule has 0 spiro atoms. The van der Waals surface area contributed by atoms with Gasteiger partial charge in [-0.3, -0.25) is 0 Å². The van der Waals surface area contributed by atoms with Crippen LogP contribution in [0.2, 0.25) is 0 Å². The van der Waals surface area contributed by atoms with Crippen LogP contribution in [-0.4, -0.2) is 16.1 Å². The maximum atomic E-state index is 10.8. The zero-order valence-electron chi connectivity index (χ0n) is 8.22. The van der Waals surface area contributed by atoms with Gasteiger partial charge in [0.25, 0.3) is 0 Å². The average Bonchev–Trinajstić information content (AvgIpc) is 2.30. The van der Waals surface area contributed by atoms with E-state index in [1.54, 1.807) is 12.1 Å². The normalized spacial score (nSPS) is 10.1. The van der Waals surface area contributed by atoms with Gasteiger partial charge in [-0.05, 0) is 46.9 Å². The molecule has 0 radical (unpaired) electrons. The number of carboxylic acid groups (broad SMARTS) is 1. The summed E-state index contributed by atoms with van der Waals surface area (Å²) in [6.07, 6.45) is 0. The molecule has 0 fully saturated rings. The molecule has 1 N–H and O–H groups in total. The van der Waals surface area contributed by atoms with Gasteiger partial charge in [0.15, 0.2) is 0 Å². The fraction of sp³-hybridized carbons (Fsp3) is 0. The van der Waals surface area contributed by atoms with Gasteiger partial charge in [-0.2, -0.15) is 0 Å². The van der Waals surface area contributed by atoms with Crippen LogP contribution in [0.4, 0.5) is 0 Å². The third-order valence-electron chi connectivity index (χ3n) is 2.11. The SMILES string of the molecule is O=C(O)c1cccc(-c2ccc(I)cc2)n1. The predicted octanol–water partition coefficient (Wildman–Crippen LogP) is 3.05. The standard InChI is InChI=1S/C12H8INO2/c13-9-6-4-8(5-7-9)10-2-1-3-11(14-10)12(15)16/h1-7H,(H,15,16). The molecule has 16 heavy (non-hydrogen) atoms. The third-order valence-corrected chi connectivity index (χ3v) is 2.83. The van der Waals surface area contributed by atoms with Crippen molar-refractivity contribution in [3.63, 3.8) is 0 Å². The van der Waals surface area contributed by atoms with Crippen LogP contribution in [0.15, 0.2) is 42.5 Å². The Balaban J connectivity index is 2.44. The first kappa shape index (κ1) is 11.1. The monoisotopic (exact) mass is 325 g/mol. The summed E-state index contributed by atoms with van der Waals surface area (Å²) in [5.74, 6) is -1.01. The molecule has 0 saturated heterocycles. The molecule has 1 aromatic carbocycles. The zero-order chi connectivity index (χ0) is 11.5. The molecule has 0 aliphatic rings. The molecule has 2 rings (SSSR count). The van der Waals surface area contributed by atoms with E-state index in [-0.39, 0.29) is 5.69 Å². The Morgan fingerprint density at radius 1 is 1.12 bits per heavy atom. The Kier molecular flexibility index (Phi) is 3.19. The van der Waals surface area contributed by atoms with Gasteiger partial charge in [0.2, 0.25) is 0 Å². The fourth-order valence-corrected chi connectivity index (χ4v) is 1.69. The van der Waals surface area contributed by atoms with Crippen LogP contribution in [0.3, 0.4) is 0 Å². The van der Waals surface area contributed by atoms with Crippen LogP contribution in [-0.2, 0) is 0 Å². The number of hydrogen-bond donors (Lipinski definition) is 1. The summed E-state index contributed by atoms with van der Waals surface area (Å²) < 4.78 is 1.13. The molecule has 2 aromatic rings. The van der Waals surface area contributed by atoms with Gasteiger partial charge in [0.1, 0.15) is 5.69 Å². The number of aromatic carboxylic acids is 1. The molecular weight excluding hydrogens is 317 g/mol. The highest BCUT2D eigenvalue weighted by Gasteiger charge is 2.06. The summed E-state index contributed by atoms with van der Waals surface area (Å²) in [5, 5.41) is 8.84. The number of aromatic nitrogens is 1. The molecule has 0 aliphatic carbocycles. The Bertz CT molecular complexity index is 523. The van der Waals surface area contributed by atoms with Crippen molar-refractivity contribution < 1.29 is 9.90 Å². The van der Waals surface area contributed by atoms with Crippen molar-refractivity contribution in [1.82, 2.24) is 4.98 Å². The molecular formula is C12H8INO2. The van der Waals surface area contributed by atoms with Crippen molar-refractivity contribution in [2.45, 2.75) is 0 Å². The second kappa shape index (κ2) is 4.61. The second-order valence-electron chi connectivity index (χ2n) is 3.22. The number of hydrogen-bond acceptors (Lipinski definition) is 2. The maximum absolute atomic E-state index is 10.8. The lowest BCUT2D eigenvalue weighted by atomic mass is 10.1. The van der Waals surface area contributed by atoms with E-state index >= 15 is 0 Å². The van der Waals surface area contributed by atoms with Crippen molar-refractivity contribution in [2.24, 2.45) is 0 Å². The molecule has 4 heteroatoms. The molecule has 0 bridgehead atoms. The Morgan fingerprint density at radius 3 is 2.44 bits per heavy atom. The highest BCUT2D eigenvalue weighted by Crippen LogP contribution is 2.18. The van der Waals surface area contributed by atoms with Crippen LogP contribution in [0.1, 0.15) is 10.5 Å². The van der Waals surface area contributed by atoms with E-state index in [1.165, 1.54) is 6.07 Å². The van der Waals surface area contributed by atoms with E-state index in [4.69, 9.17) is 5.11 Å². The summed E-state index contributed by atoms with van der Waals surface area (Å²) in [4.78, 5) is 14.8. The summed E-state index contributed by atoms with van der Waals surface area (Å²) >= 11 is 2.22. The van der Waals surface area contributed by atoms with E-state index in [0.717, 1.165) is 9.13 Å². The fourth-order valence-electron chi connectivity index (χ4n) is 1.34. The smallest absolute Gasteiger partial charge is 0.354 e. The van der Waals surface area contributed by atoms with Gasteiger partial charge >= 0.3 is 5.97 Å². The molecule has 0 aliphatic heterocycles. The van der Waals surface area contributed by atoms with Crippen LogP contribution in [0.5, 0.6) is 0 Å². The largest absolute Gasteiger partial charge is 0.477 e. The number of pyridine rings is 1. The lowest BCUT2D eigenvalue weighted by molar-refractivity contribution is 0.0690. The van der Waals surface area contributed by atoms with E-state index in [9.17, 15) is 4.79 Å². The highest BCUT2D eigenvalue weighted by molar-refractivity contribution is 14.1. The van der Waals surface area contributed by atoms with Gasteiger partial charge < -0.3 is 5.11 Å². The van der Waals surface area contributed by atoms with Crippen molar-refractivity contribution in [2.75, 3.05) is 0 Å². The summed E-state index contributed by atoms with van der Waals surface area (Å²) in [7, 11) is 0. The molecule has 1 heterocycles. The summed E-state index contributed by atoms with van der Waals surface area (Å²) in [6.45, 7) is 0. The number of nitrogens with zero attached hydrogens (tertiary/aromatic N) is 1. The molecule has 1 aromatic heterocycles. The summed E-state index contributed by atoms with van der Waals surface area (Å²) in [5.41, 5.74) is 1.66. The average molecular weight is 325 g/mol. The van der Waals surface area contributed by atoms with Crippen molar-refractivity contribution >= 4 is 28.6 Å². The highest BCUT2D eigenvalue weighted by atomic mass is 127. The van der Waals surface area contributed by atoms with Crippen LogP contribution in [0, 0.1) is 3.57 Å². The van der Waals surface area contributed by atoms with Crippen LogP contribution >= 0.6 is 22.6 Å². The van der Waals surface area contributed by atoms with E-state index < -0.39 is 5.97 Å². The molecule has 0 unspecified atom stereocenters. The molecule has 0 atom stereocenters. The van der Waals surface area contributed by atoms with Crippen LogP contribution < -0.4 is 0 Å². The molecule has 0 saturated carbocycles. The number of benzene rings is 1. The number of halogens is 1. The first-order chi connectivity index (χ1) is 7.66. The Morgan fingerprint density at radius 2 is 1.81 bits per heavy atom. The van der Waals surface area contributed by atoms with Crippen molar-refractivity contribution in [1.29, 1.82) is 0 Å². The van der Waals surface area contributed by atoms with Gasteiger partial charge in [-0.1, -0.05) is 18.2 Å². The van der Waals surface area contributed by atoms with Crippen LogP contribution in [0.25, 0.3) is 11.3 Å². The van der Waals surface area contributed by atoms with Gasteiger partial charge in [0, 0.05) is 9.13 Å². The minimum atomic E-state index is -1.01. The van der Waals surface area contributed by atoms with Gasteiger partial charge in [0.05, 0.1) is 5.69 Å². The summed E-state index contributed by atoms with van der Waals surface area (Å²) in [6, 6.07) is 12.8. The number of carboxylic acids is 1. The van der Waals surface area contributed by atoms with Gasteiger partial charge in [-0.15, -0.1) is 0 Å². The topological polar surface area (TPSA) is 50.2 Å². The van der Waals surface area contributed by atoms with E-state index in [2.05, 4.69) is 27.6 Å². The molecule has 0 amide bonds.